The molecule has 1 saturated heterocycles. The Hall–Kier alpha value is -2.94. The SMILES string of the molecule is COC(=O)c1cc(N2CCCC2=O)cc(N(c2ccc(F)cc2)S(C)(=O)=O)c1. The summed E-state index contributed by atoms with van der Waals surface area (Å²) in [6.07, 6.45) is 2.05. The second-order valence-electron chi connectivity index (χ2n) is 6.38. The average Bonchev–Trinajstić information content (AvgIpc) is 3.07. The van der Waals surface area contributed by atoms with Crippen LogP contribution < -0.4 is 9.21 Å². The maximum Gasteiger partial charge on any atom is 0.337 e. The number of hydrogen-bond donors (Lipinski definition) is 0. The highest BCUT2D eigenvalue weighted by molar-refractivity contribution is 7.92. The Morgan fingerprint density at radius 2 is 1.82 bits per heavy atom. The van der Waals surface area contributed by atoms with Gasteiger partial charge in [0.25, 0.3) is 0 Å². The summed E-state index contributed by atoms with van der Waals surface area (Å²) in [5.41, 5.74) is 0.845. The van der Waals surface area contributed by atoms with Gasteiger partial charge in [0.15, 0.2) is 0 Å². The van der Waals surface area contributed by atoms with Crippen LogP contribution in [0.4, 0.5) is 21.5 Å². The molecule has 0 radical (unpaired) electrons. The van der Waals surface area contributed by atoms with Crippen molar-refractivity contribution in [3.8, 4) is 0 Å². The number of benzene rings is 2. The smallest absolute Gasteiger partial charge is 0.337 e. The molecule has 0 atom stereocenters. The molecule has 1 aliphatic rings. The minimum atomic E-state index is -3.83. The van der Waals surface area contributed by atoms with E-state index in [4.69, 9.17) is 4.74 Å². The zero-order valence-corrected chi connectivity index (χ0v) is 16.2. The topological polar surface area (TPSA) is 84.0 Å². The predicted octanol–water partition coefficient (Wildman–Crippen LogP) is 2.84. The number of ether oxygens (including phenoxy) is 1. The van der Waals surface area contributed by atoms with E-state index in [1.54, 1.807) is 0 Å². The number of anilines is 3. The van der Waals surface area contributed by atoms with Gasteiger partial charge in [-0.1, -0.05) is 0 Å². The van der Waals surface area contributed by atoms with Gasteiger partial charge in [0, 0.05) is 18.7 Å². The summed E-state index contributed by atoms with van der Waals surface area (Å²) in [5.74, 6) is -1.29. The molecule has 0 aliphatic carbocycles. The van der Waals surface area contributed by atoms with Gasteiger partial charge in [-0.05, 0) is 48.9 Å². The van der Waals surface area contributed by atoms with Crippen molar-refractivity contribution in [1.29, 1.82) is 0 Å². The maximum atomic E-state index is 13.3. The third-order valence-electron chi connectivity index (χ3n) is 4.34. The van der Waals surface area contributed by atoms with E-state index >= 15 is 0 Å². The highest BCUT2D eigenvalue weighted by Crippen LogP contribution is 2.34. The molecule has 28 heavy (non-hydrogen) atoms. The largest absolute Gasteiger partial charge is 0.465 e. The molecular weight excluding hydrogens is 387 g/mol. The first-order chi connectivity index (χ1) is 13.2. The molecule has 0 spiro atoms. The van der Waals surface area contributed by atoms with E-state index in [1.807, 2.05) is 0 Å². The van der Waals surface area contributed by atoms with Gasteiger partial charge in [0.2, 0.25) is 15.9 Å². The zero-order valence-electron chi connectivity index (χ0n) is 15.4. The van der Waals surface area contributed by atoms with Crippen molar-refractivity contribution in [3.63, 3.8) is 0 Å². The molecule has 148 valence electrons. The van der Waals surface area contributed by atoms with Crippen LogP contribution in [0.3, 0.4) is 0 Å². The predicted molar refractivity (Wildman–Crippen MR) is 103 cm³/mol. The minimum absolute atomic E-state index is 0.102. The van der Waals surface area contributed by atoms with Crippen molar-refractivity contribution >= 4 is 39.0 Å². The van der Waals surface area contributed by atoms with Crippen LogP contribution in [-0.4, -0.2) is 40.2 Å². The van der Waals surface area contributed by atoms with Crippen molar-refractivity contribution < 1.29 is 27.1 Å². The Labute approximate surface area is 162 Å². The lowest BCUT2D eigenvalue weighted by molar-refractivity contribution is -0.117. The molecular formula is C19H19FN2O5S. The number of carbonyl (C=O) groups is 2. The molecule has 0 saturated carbocycles. The van der Waals surface area contributed by atoms with Crippen LogP contribution in [0.15, 0.2) is 42.5 Å². The fraction of sp³-hybridized carbons (Fsp3) is 0.263. The number of rotatable bonds is 5. The number of sulfonamides is 1. The third-order valence-corrected chi connectivity index (χ3v) is 5.42. The highest BCUT2D eigenvalue weighted by atomic mass is 32.2. The molecule has 2 aromatic rings. The Balaban J connectivity index is 2.20. The Morgan fingerprint density at radius 3 is 2.36 bits per heavy atom. The second-order valence-corrected chi connectivity index (χ2v) is 8.21. The second kappa shape index (κ2) is 7.59. The van der Waals surface area contributed by atoms with Gasteiger partial charge in [-0.25, -0.2) is 21.9 Å². The summed E-state index contributed by atoms with van der Waals surface area (Å²) in [5, 5.41) is 0. The number of esters is 1. The number of carbonyl (C=O) groups excluding carboxylic acids is 2. The Morgan fingerprint density at radius 1 is 1.14 bits per heavy atom. The molecule has 1 fully saturated rings. The molecule has 3 rings (SSSR count). The quantitative estimate of drug-likeness (QED) is 0.713. The first kappa shape index (κ1) is 19.8. The first-order valence-corrected chi connectivity index (χ1v) is 10.3. The van der Waals surface area contributed by atoms with Crippen molar-refractivity contribution in [1.82, 2.24) is 0 Å². The number of methoxy groups -OCH3 is 1. The molecule has 1 aliphatic heterocycles. The molecule has 0 bridgehead atoms. The lowest BCUT2D eigenvalue weighted by Gasteiger charge is -2.25. The van der Waals surface area contributed by atoms with E-state index in [0.717, 1.165) is 22.7 Å². The standard InChI is InChI=1S/C19H19FN2O5S/c1-27-19(24)13-10-16(21-9-3-4-18(21)23)12-17(11-13)22(28(2,25)26)15-7-5-14(20)6-8-15/h5-8,10-12H,3-4,9H2,1-2H3. The van der Waals surface area contributed by atoms with Crippen LogP contribution in [0, 0.1) is 5.82 Å². The van der Waals surface area contributed by atoms with Crippen LogP contribution in [0.25, 0.3) is 0 Å². The van der Waals surface area contributed by atoms with Crippen LogP contribution in [0.2, 0.25) is 0 Å². The summed E-state index contributed by atoms with van der Waals surface area (Å²) < 4.78 is 44.1. The fourth-order valence-electron chi connectivity index (χ4n) is 3.13. The summed E-state index contributed by atoms with van der Waals surface area (Å²) in [6, 6.07) is 9.29. The van der Waals surface area contributed by atoms with Gasteiger partial charge in [0.05, 0.1) is 30.3 Å². The normalized spacial score (nSPS) is 14.2. The van der Waals surface area contributed by atoms with Gasteiger partial charge < -0.3 is 9.64 Å². The van der Waals surface area contributed by atoms with E-state index in [9.17, 15) is 22.4 Å². The van der Waals surface area contributed by atoms with Crippen molar-refractivity contribution in [2.24, 2.45) is 0 Å². The van der Waals surface area contributed by atoms with E-state index < -0.39 is 21.8 Å². The lowest BCUT2D eigenvalue weighted by atomic mass is 10.1. The average molecular weight is 406 g/mol. The molecule has 0 aromatic heterocycles. The summed E-state index contributed by atoms with van der Waals surface area (Å²) in [7, 11) is -2.62. The van der Waals surface area contributed by atoms with Crippen LogP contribution in [-0.2, 0) is 19.6 Å². The number of hydrogen-bond acceptors (Lipinski definition) is 5. The van der Waals surface area contributed by atoms with Gasteiger partial charge in [0.1, 0.15) is 5.82 Å². The van der Waals surface area contributed by atoms with Crippen LogP contribution in [0.5, 0.6) is 0 Å². The van der Waals surface area contributed by atoms with Crippen molar-refractivity contribution in [2.45, 2.75) is 12.8 Å². The Bertz CT molecular complexity index is 1020. The van der Waals surface area contributed by atoms with E-state index in [0.29, 0.717) is 25.1 Å². The molecule has 9 heteroatoms. The number of halogens is 1. The van der Waals surface area contributed by atoms with Gasteiger partial charge in [-0.3, -0.25) is 4.79 Å². The number of nitrogens with zero attached hydrogens (tertiary/aromatic N) is 2. The first-order valence-electron chi connectivity index (χ1n) is 8.50. The van der Waals surface area contributed by atoms with Crippen molar-refractivity contribution in [3.05, 3.63) is 53.8 Å². The monoisotopic (exact) mass is 406 g/mol. The van der Waals surface area contributed by atoms with E-state index in [2.05, 4.69) is 0 Å². The molecule has 7 nitrogen and oxygen atoms in total. The summed E-state index contributed by atoms with van der Waals surface area (Å²) in [6.45, 7) is 0.471. The molecule has 1 heterocycles. The third kappa shape index (κ3) is 3.99. The fourth-order valence-corrected chi connectivity index (χ4v) is 4.13. The number of amides is 1. The van der Waals surface area contributed by atoms with Gasteiger partial charge in [-0.15, -0.1) is 0 Å². The van der Waals surface area contributed by atoms with Crippen molar-refractivity contribution in [2.75, 3.05) is 29.1 Å². The molecule has 0 unspecified atom stereocenters. The summed E-state index contributed by atoms with van der Waals surface area (Å²) in [4.78, 5) is 25.8. The zero-order chi connectivity index (χ0) is 20.5. The highest BCUT2D eigenvalue weighted by Gasteiger charge is 2.27. The summed E-state index contributed by atoms with van der Waals surface area (Å²) >= 11 is 0. The Kier molecular flexibility index (Phi) is 5.37. The molecule has 0 N–H and O–H groups in total. The van der Waals surface area contributed by atoms with Crippen LogP contribution in [0.1, 0.15) is 23.2 Å². The maximum absolute atomic E-state index is 13.3. The molecule has 1 amide bonds. The van der Waals surface area contributed by atoms with E-state index in [-0.39, 0.29) is 22.8 Å². The van der Waals surface area contributed by atoms with Crippen LogP contribution >= 0.6 is 0 Å². The molecule has 2 aromatic carbocycles. The lowest BCUT2D eigenvalue weighted by Crippen LogP contribution is -2.27. The van der Waals surface area contributed by atoms with Gasteiger partial charge in [-0.2, -0.15) is 0 Å². The minimum Gasteiger partial charge on any atom is -0.465 e. The van der Waals surface area contributed by atoms with Gasteiger partial charge >= 0.3 is 5.97 Å². The van der Waals surface area contributed by atoms with E-state index in [1.165, 1.54) is 42.3 Å².